The number of furan rings is 1. The molecule has 146 valence electrons. The van der Waals surface area contributed by atoms with Crippen LogP contribution in [0.15, 0.2) is 77.5 Å². The molecule has 2 N–H and O–H groups in total. The Morgan fingerprint density at radius 3 is 2.66 bits per heavy atom. The standard InChI is InChI=1S/C22H18FN3O2S/c1-14-13-17(22(29-14)26-21(27)18-5-4-12-28-18)20(15-7-9-16(23)10-8-15)25-19-6-2-3-11-24-19/h2-13,20H,1H3,(H,24,25)(H,26,27)/t20-/m0/s1. The molecule has 29 heavy (non-hydrogen) atoms. The van der Waals surface area contributed by atoms with Crippen LogP contribution in [0, 0.1) is 12.7 Å². The fourth-order valence-corrected chi connectivity index (χ4v) is 3.96. The summed E-state index contributed by atoms with van der Waals surface area (Å²) in [5.41, 5.74) is 1.72. The van der Waals surface area contributed by atoms with E-state index >= 15 is 0 Å². The van der Waals surface area contributed by atoms with E-state index in [1.54, 1.807) is 30.5 Å². The predicted molar refractivity (Wildman–Crippen MR) is 112 cm³/mol. The highest BCUT2D eigenvalue weighted by molar-refractivity contribution is 7.16. The number of hydrogen-bond donors (Lipinski definition) is 2. The molecule has 7 heteroatoms. The van der Waals surface area contributed by atoms with E-state index in [0.717, 1.165) is 16.0 Å². The SMILES string of the molecule is Cc1cc([C@@H](Nc2ccccn2)c2ccc(F)cc2)c(NC(=O)c2ccco2)s1. The van der Waals surface area contributed by atoms with Crippen molar-refractivity contribution in [1.82, 2.24) is 4.98 Å². The first-order valence-electron chi connectivity index (χ1n) is 8.98. The van der Waals surface area contributed by atoms with E-state index in [1.807, 2.05) is 31.2 Å². The highest BCUT2D eigenvalue weighted by atomic mass is 32.1. The number of carbonyl (C=O) groups excluding carboxylic acids is 1. The molecule has 0 aliphatic rings. The number of rotatable bonds is 6. The van der Waals surface area contributed by atoms with E-state index in [2.05, 4.69) is 15.6 Å². The van der Waals surface area contributed by atoms with Crippen LogP contribution in [-0.4, -0.2) is 10.9 Å². The Morgan fingerprint density at radius 1 is 1.14 bits per heavy atom. The number of nitrogens with one attached hydrogen (secondary N) is 2. The molecule has 0 aliphatic carbocycles. The second kappa shape index (κ2) is 8.28. The molecule has 0 fully saturated rings. The summed E-state index contributed by atoms with van der Waals surface area (Å²) in [6.45, 7) is 1.97. The lowest BCUT2D eigenvalue weighted by atomic mass is 10.00. The first-order valence-corrected chi connectivity index (χ1v) is 9.80. The molecule has 5 nitrogen and oxygen atoms in total. The molecule has 1 amide bonds. The summed E-state index contributed by atoms with van der Waals surface area (Å²) in [4.78, 5) is 17.9. The third-order valence-corrected chi connectivity index (χ3v) is 5.31. The van der Waals surface area contributed by atoms with Gasteiger partial charge in [-0.05, 0) is 55.0 Å². The van der Waals surface area contributed by atoms with Crippen molar-refractivity contribution in [2.45, 2.75) is 13.0 Å². The molecule has 0 saturated carbocycles. The molecule has 4 aromatic rings. The molecule has 0 saturated heterocycles. The zero-order valence-corrected chi connectivity index (χ0v) is 16.4. The zero-order chi connectivity index (χ0) is 20.2. The summed E-state index contributed by atoms with van der Waals surface area (Å²) in [6.07, 6.45) is 3.15. The fourth-order valence-electron chi connectivity index (χ4n) is 3.01. The van der Waals surface area contributed by atoms with Gasteiger partial charge in [-0.2, -0.15) is 0 Å². The summed E-state index contributed by atoms with van der Waals surface area (Å²) in [5, 5.41) is 7.02. The maximum absolute atomic E-state index is 13.5. The minimum atomic E-state index is -0.331. The molecule has 3 aromatic heterocycles. The highest BCUT2D eigenvalue weighted by Crippen LogP contribution is 2.37. The van der Waals surface area contributed by atoms with E-state index in [0.29, 0.717) is 10.8 Å². The number of thiophene rings is 1. The van der Waals surface area contributed by atoms with Crippen LogP contribution in [0.25, 0.3) is 0 Å². The van der Waals surface area contributed by atoms with Crippen LogP contribution in [0.3, 0.4) is 0 Å². The number of pyridine rings is 1. The van der Waals surface area contributed by atoms with Gasteiger partial charge in [0.15, 0.2) is 5.76 Å². The van der Waals surface area contributed by atoms with Gasteiger partial charge in [-0.15, -0.1) is 11.3 Å². The Labute approximate surface area is 171 Å². The van der Waals surface area contributed by atoms with Gasteiger partial charge in [-0.1, -0.05) is 18.2 Å². The van der Waals surface area contributed by atoms with Crippen LogP contribution in [0.4, 0.5) is 15.2 Å². The lowest BCUT2D eigenvalue weighted by molar-refractivity contribution is 0.0997. The monoisotopic (exact) mass is 407 g/mol. The molecule has 1 aromatic carbocycles. The number of anilines is 2. The van der Waals surface area contributed by atoms with Gasteiger partial charge >= 0.3 is 0 Å². The average molecular weight is 407 g/mol. The largest absolute Gasteiger partial charge is 0.459 e. The van der Waals surface area contributed by atoms with Crippen LogP contribution < -0.4 is 10.6 Å². The van der Waals surface area contributed by atoms with Crippen LogP contribution in [-0.2, 0) is 0 Å². The first kappa shape index (κ1) is 18.9. The van der Waals surface area contributed by atoms with Gasteiger partial charge in [0.25, 0.3) is 5.91 Å². The second-order valence-electron chi connectivity index (χ2n) is 6.42. The number of halogens is 1. The molecular weight excluding hydrogens is 389 g/mol. The number of aryl methyl sites for hydroxylation is 1. The molecule has 3 heterocycles. The molecule has 0 aliphatic heterocycles. The molecule has 1 atom stereocenters. The first-order chi connectivity index (χ1) is 14.1. The third-order valence-electron chi connectivity index (χ3n) is 4.33. The molecule has 0 unspecified atom stereocenters. The molecule has 4 rings (SSSR count). The molecular formula is C22H18FN3O2S. The summed E-state index contributed by atoms with van der Waals surface area (Å²) >= 11 is 1.47. The summed E-state index contributed by atoms with van der Waals surface area (Å²) in [7, 11) is 0. The smallest absolute Gasteiger partial charge is 0.291 e. The van der Waals surface area contributed by atoms with Crippen LogP contribution >= 0.6 is 11.3 Å². The number of hydrogen-bond acceptors (Lipinski definition) is 5. The number of benzene rings is 1. The predicted octanol–water partition coefficient (Wildman–Crippen LogP) is 5.64. The van der Waals surface area contributed by atoms with Gasteiger partial charge in [0.2, 0.25) is 0 Å². The molecule has 0 bridgehead atoms. The Kier molecular flexibility index (Phi) is 5.39. The van der Waals surface area contributed by atoms with Gasteiger partial charge in [0.1, 0.15) is 16.6 Å². The van der Waals surface area contributed by atoms with Crippen LogP contribution in [0.2, 0.25) is 0 Å². The number of carbonyl (C=O) groups is 1. The van der Waals surface area contributed by atoms with Crippen molar-refractivity contribution < 1.29 is 13.6 Å². The Morgan fingerprint density at radius 2 is 1.97 bits per heavy atom. The third kappa shape index (κ3) is 4.35. The Bertz CT molecular complexity index is 1090. The van der Waals surface area contributed by atoms with Crippen molar-refractivity contribution in [3.8, 4) is 0 Å². The quantitative estimate of drug-likeness (QED) is 0.434. The van der Waals surface area contributed by atoms with Crippen molar-refractivity contribution in [3.05, 3.63) is 101 Å². The highest BCUT2D eigenvalue weighted by Gasteiger charge is 2.22. The number of aromatic nitrogens is 1. The van der Waals surface area contributed by atoms with Crippen molar-refractivity contribution in [2.75, 3.05) is 10.6 Å². The van der Waals surface area contributed by atoms with Gasteiger partial charge in [0, 0.05) is 16.6 Å². The van der Waals surface area contributed by atoms with Crippen LogP contribution in [0.5, 0.6) is 0 Å². The van der Waals surface area contributed by atoms with Gasteiger partial charge in [-0.25, -0.2) is 9.37 Å². The van der Waals surface area contributed by atoms with Crippen molar-refractivity contribution >= 4 is 28.1 Å². The second-order valence-corrected chi connectivity index (χ2v) is 7.67. The lowest BCUT2D eigenvalue weighted by Gasteiger charge is -2.21. The maximum Gasteiger partial charge on any atom is 0.291 e. The zero-order valence-electron chi connectivity index (χ0n) is 15.6. The van der Waals surface area contributed by atoms with Crippen molar-refractivity contribution in [3.63, 3.8) is 0 Å². The van der Waals surface area contributed by atoms with Gasteiger partial charge in [0.05, 0.1) is 12.3 Å². The van der Waals surface area contributed by atoms with E-state index in [-0.39, 0.29) is 23.5 Å². The summed E-state index contributed by atoms with van der Waals surface area (Å²) in [6, 6.07) is 16.8. The van der Waals surface area contributed by atoms with Crippen molar-refractivity contribution in [2.24, 2.45) is 0 Å². The van der Waals surface area contributed by atoms with E-state index < -0.39 is 0 Å². The molecule has 0 spiro atoms. The maximum atomic E-state index is 13.5. The normalized spacial score (nSPS) is 11.8. The van der Waals surface area contributed by atoms with Crippen molar-refractivity contribution in [1.29, 1.82) is 0 Å². The topological polar surface area (TPSA) is 67.2 Å². The minimum Gasteiger partial charge on any atom is -0.459 e. The average Bonchev–Trinajstić information content (AvgIpc) is 3.38. The summed E-state index contributed by atoms with van der Waals surface area (Å²) < 4.78 is 18.7. The van der Waals surface area contributed by atoms with E-state index in [9.17, 15) is 9.18 Å². The minimum absolute atomic E-state index is 0.234. The summed E-state index contributed by atoms with van der Waals surface area (Å²) in [5.74, 6) is 0.277. The number of amides is 1. The number of nitrogens with zero attached hydrogens (tertiary/aromatic N) is 1. The molecule has 0 radical (unpaired) electrons. The Hall–Kier alpha value is -3.45. The fraction of sp³-hybridized carbons (Fsp3) is 0.0909. The van der Waals surface area contributed by atoms with Crippen LogP contribution in [0.1, 0.15) is 32.6 Å². The van der Waals surface area contributed by atoms with E-state index in [4.69, 9.17) is 4.42 Å². The van der Waals surface area contributed by atoms with Gasteiger partial charge < -0.3 is 15.1 Å². The van der Waals surface area contributed by atoms with E-state index in [1.165, 1.54) is 29.7 Å². The Balaban J connectivity index is 1.72. The lowest BCUT2D eigenvalue weighted by Crippen LogP contribution is -2.16. The van der Waals surface area contributed by atoms with Gasteiger partial charge in [-0.3, -0.25) is 4.79 Å².